The van der Waals surface area contributed by atoms with Gasteiger partial charge in [-0.05, 0) is 31.2 Å². The van der Waals surface area contributed by atoms with Crippen molar-refractivity contribution in [3.8, 4) is 11.5 Å². The van der Waals surface area contributed by atoms with E-state index in [1.807, 2.05) is 12.1 Å². The Morgan fingerprint density at radius 3 is 2.48 bits per heavy atom. The van der Waals surface area contributed by atoms with Crippen LogP contribution in [0.25, 0.3) is 0 Å². The smallest absolute Gasteiger partial charge is 0.279 e. The Kier molecular flexibility index (Phi) is 7.57. The lowest BCUT2D eigenvalue weighted by Gasteiger charge is -2.16. The fraction of sp³-hybridized carbons (Fsp3) is 0.222. The number of hydrazine groups is 1. The van der Waals surface area contributed by atoms with E-state index in [2.05, 4.69) is 16.2 Å². The highest BCUT2D eigenvalue weighted by atomic mass is 35.5. The fourth-order valence-electron chi connectivity index (χ4n) is 2.06. The van der Waals surface area contributed by atoms with Crippen molar-refractivity contribution in [2.75, 3.05) is 19.0 Å². The molecule has 27 heavy (non-hydrogen) atoms. The van der Waals surface area contributed by atoms with Crippen LogP contribution >= 0.6 is 23.2 Å². The second-order valence-electron chi connectivity index (χ2n) is 5.40. The molecule has 0 saturated carbocycles. The number of carbonyl (C=O) groups is 2. The molecule has 0 aromatic heterocycles. The van der Waals surface area contributed by atoms with Gasteiger partial charge in [0.1, 0.15) is 16.5 Å². The van der Waals surface area contributed by atoms with Crippen molar-refractivity contribution in [2.45, 2.75) is 13.0 Å². The number of amides is 2. The van der Waals surface area contributed by atoms with Crippen LogP contribution in [0.1, 0.15) is 6.92 Å². The topological polar surface area (TPSA) is 88.7 Å². The average Bonchev–Trinajstić information content (AvgIpc) is 2.68. The van der Waals surface area contributed by atoms with E-state index in [9.17, 15) is 9.59 Å². The summed E-state index contributed by atoms with van der Waals surface area (Å²) >= 11 is 11.9. The monoisotopic (exact) mass is 411 g/mol. The van der Waals surface area contributed by atoms with Crippen LogP contribution in [0.3, 0.4) is 0 Å². The molecule has 9 heteroatoms. The fourth-order valence-corrected chi connectivity index (χ4v) is 2.40. The molecular weight excluding hydrogens is 393 g/mol. The Bertz CT molecular complexity index is 817. The van der Waals surface area contributed by atoms with Gasteiger partial charge in [0.2, 0.25) is 0 Å². The lowest BCUT2D eigenvalue weighted by atomic mass is 10.3. The number of ether oxygens (including phenoxy) is 2. The number of benzene rings is 2. The normalized spacial score (nSPS) is 11.3. The Labute approximate surface area is 166 Å². The third-order valence-electron chi connectivity index (χ3n) is 3.46. The zero-order valence-electron chi connectivity index (χ0n) is 14.7. The first-order chi connectivity index (χ1) is 12.9. The molecule has 3 N–H and O–H groups in total. The van der Waals surface area contributed by atoms with E-state index < -0.39 is 17.9 Å². The van der Waals surface area contributed by atoms with Gasteiger partial charge < -0.3 is 14.8 Å². The largest absolute Gasteiger partial charge is 0.495 e. The zero-order chi connectivity index (χ0) is 19.8. The number of halogens is 2. The van der Waals surface area contributed by atoms with Crippen molar-refractivity contribution in [2.24, 2.45) is 0 Å². The third-order valence-corrected chi connectivity index (χ3v) is 4.26. The van der Waals surface area contributed by atoms with Crippen molar-refractivity contribution in [3.63, 3.8) is 0 Å². The van der Waals surface area contributed by atoms with Crippen LogP contribution in [0.15, 0.2) is 42.5 Å². The summed E-state index contributed by atoms with van der Waals surface area (Å²) in [5.41, 5.74) is 5.25. The molecule has 0 aliphatic rings. The van der Waals surface area contributed by atoms with Gasteiger partial charge in [-0.1, -0.05) is 41.4 Å². The van der Waals surface area contributed by atoms with Crippen molar-refractivity contribution in [3.05, 3.63) is 52.5 Å². The molecule has 0 aliphatic heterocycles. The Balaban J connectivity index is 1.80. The quantitative estimate of drug-likeness (QED) is 0.609. The first-order valence-electron chi connectivity index (χ1n) is 7.98. The van der Waals surface area contributed by atoms with Gasteiger partial charge in [0.25, 0.3) is 11.8 Å². The van der Waals surface area contributed by atoms with E-state index in [0.29, 0.717) is 16.5 Å². The molecule has 0 bridgehead atoms. The highest BCUT2D eigenvalue weighted by molar-refractivity contribution is 6.42. The van der Waals surface area contributed by atoms with Crippen LogP contribution in [0.4, 0.5) is 5.69 Å². The summed E-state index contributed by atoms with van der Waals surface area (Å²) in [6.07, 6.45) is -0.900. The SMILES string of the molecule is COc1ccccc1NCC(=O)NNC(=O)C(C)Oc1cccc(Cl)c1Cl. The molecule has 0 aliphatic carbocycles. The molecule has 0 fully saturated rings. The summed E-state index contributed by atoms with van der Waals surface area (Å²) in [5, 5.41) is 3.45. The van der Waals surface area contributed by atoms with Crippen LogP contribution in [-0.4, -0.2) is 31.6 Å². The lowest BCUT2D eigenvalue weighted by Crippen LogP contribution is -2.48. The third kappa shape index (κ3) is 5.94. The number of hydrogen-bond donors (Lipinski definition) is 3. The lowest BCUT2D eigenvalue weighted by molar-refractivity contribution is -0.132. The minimum atomic E-state index is -0.900. The first kappa shape index (κ1) is 20.7. The average molecular weight is 412 g/mol. The number of anilines is 1. The van der Waals surface area contributed by atoms with Crippen molar-refractivity contribution in [1.29, 1.82) is 0 Å². The molecule has 0 spiro atoms. The van der Waals surface area contributed by atoms with Gasteiger partial charge in [0, 0.05) is 0 Å². The zero-order valence-corrected chi connectivity index (χ0v) is 16.2. The summed E-state index contributed by atoms with van der Waals surface area (Å²) in [6.45, 7) is 1.46. The van der Waals surface area contributed by atoms with E-state index in [-0.39, 0.29) is 17.3 Å². The molecule has 0 heterocycles. The molecule has 0 radical (unpaired) electrons. The molecule has 2 aromatic rings. The molecule has 144 valence electrons. The molecule has 2 rings (SSSR count). The summed E-state index contributed by atoms with van der Waals surface area (Å²) in [6, 6.07) is 12.0. The molecule has 2 amide bonds. The Hall–Kier alpha value is -2.64. The van der Waals surface area contributed by atoms with E-state index in [0.717, 1.165) is 0 Å². The second-order valence-corrected chi connectivity index (χ2v) is 6.19. The molecule has 2 aromatic carbocycles. The van der Waals surface area contributed by atoms with E-state index in [4.69, 9.17) is 32.7 Å². The van der Waals surface area contributed by atoms with Crippen LogP contribution < -0.4 is 25.6 Å². The van der Waals surface area contributed by atoms with E-state index in [1.165, 1.54) is 14.0 Å². The summed E-state index contributed by atoms with van der Waals surface area (Å²) in [7, 11) is 1.54. The Morgan fingerprint density at radius 1 is 1.04 bits per heavy atom. The molecule has 1 atom stereocenters. The van der Waals surface area contributed by atoms with Crippen LogP contribution in [0.2, 0.25) is 10.0 Å². The van der Waals surface area contributed by atoms with Crippen LogP contribution in [0.5, 0.6) is 11.5 Å². The van der Waals surface area contributed by atoms with Gasteiger partial charge in [0.05, 0.1) is 24.4 Å². The number of carbonyl (C=O) groups excluding carboxylic acids is 2. The number of hydrogen-bond acceptors (Lipinski definition) is 5. The first-order valence-corrected chi connectivity index (χ1v) is 8.74. The number of para-hydroxylation sites is 2. The maximum Gasteiger partial charge on any atom is 0.279 e. The van der Waals surface area contributed by atoms with Gasteiger partial charge >= 0.3 is 0 Å². The van der Waals surface area contributed by atoms with Gasteiger partial charge in [0.15, 0.2) is 6.10 Å². The summed E-state index contributed by atoms with van der Waals surface area (Å²) < 4.78 is 10.6. The Morgan fingerprint density at radius 2 is 1.74 bits per heavy atom. The molecule has 1 unspecified atom stereocenters. The van der Waals surface area contributed by atoms with Crippen LogP contribution in [0, 0.1) is 0 Å². The van der Waals surface area contributed by atoms with Gasteiger partial charge in [-0.2, -0.15) is 0 Å². The number of methoxy groups -OCH3 is 1. The summed E-state index contributed by atoms with van der Waals surface area (Å²) in [4.78, 5) is 23.9. The predicted octanol–water partition coefficient (Wildman–Crippen LogP) is 3.03. The second kappa shape index (κ2) is 9.89. The minimum absolute atomic E-state index is 0.0595. The molecule has 0 saturated heterocycles. The highest BCUT2D eigenvalue weighted by Crippen LogP contribution is 2.32. The minimum Gasteiger partial charge on any atom is -0.495 e. The van der Waals surface area contributed by atoms with Crippen LogP contribution in [-0.2, 0) is 9.59 Å². The van der Waals surface area contributed by atoms with E-state index >= 15 is 0 Å². The van der Waals surface area contributed by atoms with Gasteiger partial charge in [-0.25, -0.2) is 0 Å². The number of nitrogens with one attached hydrogen (secondary N) is 3. The maximum atomic E-state index is 12.1. The highest BCUT2D eigenvalue weighted by Gasteiger charge is 2.17. The van der Waals surface area contributed by atoms with Gasteiger partial charge in [-0.15, -0.1) is 0 Å². The molecular formula is C18H19Cl2N3O4. The standard InChI is InChI=1S/C18H19Cl2N3O4/c1-11(27-15-9-5-6-12(19)17(15)20)18(25)23-22-16(24)10-21-13-7-3-4-8-14(13)26-2/h3-9,11,21H,10H2,1-2H3,(H,22,24)(H,23,25). The summed E-state index contributed by atoms with van der Waals surface area (Å²) in [5.74, 6) is -0.107. The predicted molar refractivity (Wildman–Crippen MR) is 104 cm³/mol. The van der Waals surface area contributed by atoms with E-state index in [1.54, 1.807) is 30.3 Å². The van der Waals surface area contributed by atoms with Gasteiger partial charge in [-0.3, -0.25) is 20.4 Å². The maximum absolute atomic E-state index is 12.1. The van der Waals surface area contributed by atoms with Crippen molar-refractivity contribution >= 4 is 40.7 Å². The number of rotatable bonds is 7. The van der Waals surface area contributed by atoms with Crippen molar-refractivity contribution in [1.82, 2.24) is 10.9 Å². The molecule has 7 nitrogen and oxygen atoms in total. The van der Waals surface area contributed by atoms with Crippen molar-refractivity contribution < 1.29 is 19.1 Å².